The standard InChI is InChI=1S/C22H20FN5O3/c1-14-3-5-16(6-4-14)11-28-13-24-22(26-28)25-21(29)20-19(15(2)31-27-20)12-30-18-9-7-17(23)8-10-18/h3-10,13H,11-12H2,1-2H3,(H,25,26,29). The molecule has 4 aromatic rings. The highest BCUT2D eigenvalue weighted by Gasteiger charge is 2.21. The summed E-state index contributed by atoms with van der Waals surface area (Å²) >= 11 is 0. The fourth-order valence-corrected chi connectivity index (χ4v) is 2.90. The van der Waals surface area contributed by atoms with Crippen molar-refractivity contribution in [3.8, 4) is 5.75 Å². The number of carbonyl (C=O) groups is 1. The highest BCUT2D eigenvalue weighted by atomic mass is 19.1. The van der Waals surface area contributed by atoms with E-state index in [0.29, 0.717) is 23.6 Å². The summed E-state index contributed by atoms with van der Waals surface area (Å²) in [5.41, 5.74) is 2.81. The van der Waals surface area contributed by atoms with Crippen LogP contribution in [0.4, 0.5) is 10.3 Å². The van der Waals surface area contributed by atoms with E-state index in [-0.39, 0.29) is 24.1 Å². The number of hydrogen-bond acceptors (Lipinski definition) is 6. The van der Waals surface area contributed by atoms with E-state index < -0.39 is 5.91 Å². The highest BCUT2D eigenvalue weighted by molar-refractivity contribution is 6.02. The number of nitrogens with one attached hydrogen (secondary N) is 1. The molecule has 0 aliphatic carbocycles. The topological polar surface area (TPSA) is 95.1 Å². The number of nitrogens with zero attached hydrogens (tertiary/aromatic N) is 4. The number of benzene rings is 2. The molecule has 0 bridgehead atoms. The molecule has 0 aliphatic heterocycles. The van der Waals surface area contributed by atoms with Crippen molar-refractivity contribution in [2.45, 2.75) is 27.0 Å². The summed E-state index contributed by atoms with van der Waals surface area (Å²) in [7, 11) is 0. The Bertz CT molecular complexity index is 1180. The number of carbonyl (C=O) groups excluding carboxylic acids is 1. The number of anilines is 1. The van der Waals surface area contributed by atoms with Crippen LogP contribution in [0.1, 0.15) is 32.9 Å². The third kappa shape index (κ3) is 4.95. The van der Waals surface area contributed by atoms with Crippen LogP contribution < -0.4 is 10.1 Å². The molecule has 0 unspecified atom stereocenters. The van der Waals surface area contributed by atoms with Crippen LogP contribution in [0, 0.1) is 19.7 Å². The van der Waals surface area contributed by atoms with E-state index in [4.69, 9.17) is 9.26 Å². The van der Waals surface area contributed by atoms with Crippen LogP contribution >= 0.6 is 0 Å². The van der Waals surface area contributed by atoms with E-state index in [1.807, 2.05) is 31.2 Å². The van der Waals surface area contributed by atoms with Crippen LogP contribution in [0.15, 0.2) is 59.4 Å². The van der Waals surface area contributed by atoms with Crippen molar-refractivity contribution in [3.63, 3.8) is 0 Å². The van der Waals surface area contributed by atoms with Crippen molar-refractivity contribution >= 4 is 11.9 Å². The molecule has 158 valence electrons. The zero-order chi connectivity index (χ0) is 21.8. The summed E-state index contributed by atoms with van der Waals surface area (Å²) in [5, 5.41) is 10.7. The molecule has 1 N–H and O–H groups in total. The molecule has 0 radical (unpaired) electrons. The molecule has 2 heterocycles. The maximum Gasteiger partial charge on any atom is 0.280 e. The molecule has 2 aromatic heterocycles. The van der Waals surface area contributed by atoms with Gasteiger partial charge in [-0.15, -0.1) is 5.10 Å². The summed E-state index contributed by atoms with van der Waals surface area (Å²) in [6.45, 7) is 4.28. The van der Waals surface area contributed by atoms with E-state index in [9.17, 15) is 9.18 Å². The first kappa shape index (κ1) is 20.3. The third-order valence-electron chi connectivity index (χ3n) is 4.62. The molecule has 0 saturated carbocycles. The molecule has 9 heteroatoms. The molecule has 0 spiro atoms. The zero-order valence-corrected chi connectivity index (χ0v) is 17.0. The van der Waals surface area contributed by atoms with Crippen LogP contribution in [-0.4, -0.2) is 25.8 Å². The quantitative estimate of drug-likeness (QED) is 0.486. The average molecular weight is 421 g/mol. The van der Waals surface area contributed by atoms with Gasteiger partial charge in [0.2, 0.25) is 5.95 Å². The average Bonchev–Trinajstić information content (AvgIpc) is 3.35. The normalized spacial score (nSPS) is 10.8. The Balaban J connectivity index is 1.41. The molecule has 4 rings (SSSR count). The number of halogens is 1. The predicted octanol–water partition coefficient (Wildman–Crippen LogP) is 3.90. The minimum absolute atomic E-state index is 0.0407. The first-order valence-electron chi connectivity index (χ1n) is 9.58. The first-order valence-corrected chi connectivity index (χ1v) is 9.58. The van der Waals surface area contributed by atoms with E-state index in [1.54, 1.807) is 17.9 Å². The van der Waals surface area contributed by atoms with Crippen molar-refractivity contribution in [2.24, 2.45) is 0 Å². The molecule has 0 saturated heterocycles. The van der Waals surface area contributed by atoms with Gasteiger partial charge in [0.15, 0.2) is 5.69 Å². The van der Waals surface area contributed by atoms with Crippen molar-refractivity contribution in [1.82, 2.24) is 19.9 Å². The molecule has 0 fully saturated rings. The number of hydrogen-bond donors (Lipinski definition) is 1. The fourth-order valence-electron chi connectivity index (χ4n) is 2.90. The predicted molar refractivity (Wildman–Crippen MR) is 110 cm³/mol. The molecule has 31 heavy (non-hydrogen) atoms. The largest absolute Gasteiger partial charge is 0.489 e. The van der Waals surface area contributed by atoms with Gasteiger partial charge in [0.05, 0.1) is 12.1 Å². The Morgan fingerprint density at radius 1 is 1.13 bits per heavy atom. The van der Waals surface area contributed by atoms with Gasteiger partial charge in [-0.1, -0.05) is 35.0 Å². The smallest absolute Gasteiger partial charge is 0.280 e. The van der Waals surface area contributed by atoms with E-state index in [2.05, 4.69) is 20.6 Å². The molecular weight excluding hydrogens is 401 g/mol. The lowest BCUT2D eigenvalue weighted by Gasteiger charge is -2.06. The number of rotatable bonds is 7. The van der Waals surface area contributed by atoms with Gasteiger partial charge in [-0.3, -0.25) is 10.1 Å². The van der Waals surface area contributed by atoms with E-state index >= 15 is 0 Å². The minimum Gasteiger partial charge on any atom is -0.489 e. The van der Waals surface area contributed by atoms with Gasteiger partial charge < -0.3 is 9.26 Å². The lowest BCUT2D eigenvalue weighted by atomic mass is 10.1. The molecule has 1 amide bonds. The van der Waals surface area contributed by atoms with E-state index in [1.165, 1.54) is 29.8 Å². The summed E-state index contributed by atoms with van der Waals surface area (Å²) in [6.07, 6.45) is 1.54. The van der Waals surface area contributed by atoms with Crippen molar-refractivity contribution < 1.29 is 18.4 Å². The monoisotopic (exact) mass is 421 g/mol. The van der Waals surface area contributed by atoms with Crippen molar-refractivity contribution in [3.05, 3.63) is 88.8 Å². The summed E-state index contributed by atoms with van der Waals surface area (Å²) in [5.74, 6) is 0.198. The number of ether oxygens (including phenoxy) is 1. The Kier molecular flexibility index (Phi) is 5.74. The Morgan fingerprint density at radius 3 is 2.61 bits per heavy atom. The fraction of sp³-hybridized carbons (Fsp3) is 0.182. The van der Waals surface area contributed by atoms with Gasteiger partial charge in [0.25, 0.3) is 5.91 Å². The van der Waals surface area contributed by atoms with Gasteiger partial charge in [-0.25, -0.2) is 14.1 Å². The minimum atomic E-state index is -0.511. The zero-order valence-electron chi connectivity index (χ0n) is 17.0. The van der Waals surface area contributed by atoms with Crippen LogP contribution in [-0.2, 0) is 13.2 Å². The third-order valence-corrected chi connectivity index (χ3v) is 4.62. The maximum absolute atomic E-state index is 13.0. The SMILES string of the molecule is Cc1ccc(Cn2cnc(NC(=O)c3noc(C)c3COc3ccc(F)cc3)n2)cc1. The van der Waals surface area contributed by atoms with Gasteiger partial charge >= 0.3 is 0 Å². The molecule has 2 aromatic carbocycles. The van der Waals surface area contributed by atoms with Gasteiger partial charge in [-0.05, 0) is 43.7 Å². The van der Waals surface area contributed by atoms with Crippen molar-refractivity contribution in [1.29, 1.82) is 0 Å². The molecule has 0 aliphatic rings. The molecule has 8 nitrogen and oxygen atoms in total. The number of aryl methyl sites for hydroxylation is 2. The maximum atomic E-state index is 13.0. The molecular formula is C22H20FN5O3. The van der Waals surface area contributed by atoms with Gasteiger partial charge in [-0.2, -0.15) is 0 Å². The Labute approximate surface area is 177 Å². The highest BCUT2D eigenvalue weighted by Crippen LogP contribution is 2.19. The van der Waals surface area contributed by atoms with E-state index in [0.717, 1.165) is 5.56 Å². The van der Waals surface area contributed by atoms with Crippen LogP contribution in [0.2, 0.25) is 0 Å². The second kappa shape index (κ2) is 8.78. The second-order valence-corrected chi connectivity index (χ2v) is 7.01. The van der Waals surface area contributed by atoms with Crippen LogP contribution in [0.3, 0.4) is 0 Å². The molecule has 0 atom stereocenters. The lowest BCUT2D eigenvalue weighted by Crippen LogP contribution is -2.16. The van der Waals surface area contributed by atoms with Gasteiger partial charge in [0.1, 0.15) is 30.3 Å². The number of aromatic nitrogens is 4. The summed E-state index contributed by atoms with van der Waals surface area (Å²) in [6, 6.07) is 13.7. The second-order valence-electron chi connectivity index (χ2n) is 7.01. The van der Waals surface area contributed by atoms with Crippen LogP contribution in [0.5, 0.6) is 5.75 Å². The first-order chi connectivity index (χ1) is 15.0. The van der Waals surface area contributed by atoms with Crippen molar-refractivity contribution in [2.75, 3.05) is 5.32 Å². The summed E-state index contributed by atoms with van der Waals surface area (Å²) in [4.78, 5) is 16.8. The Hall–Kier alpha value is -4.01. The lowest BCUT2D eigenvalue weighted by molar-refractivity contribution is 0.101. The Morgan fingerprint density at radius 2 is 1.87 bits per heavy atom. The van der Waals surface area contributed by atoms with Gasteiger partial charge in [0, 0.05) is 0 Å². The van der Waals surface area contributed by atoms with Crippen LogP contribution in [0.25, 0.3) is 0 Å². The summed E-state index contributed by atoms with van der Waals surface area (Å²) < 4.78 is 25.4. The number of amides is 1.